The first kappa shape index (κ1) is 22.6. The average Bonchev–Trinajstić information content (AvgIpc) is 3.00. The zero-order valence-electron chi connectivity index (χ0n) is 17.1. The van der Waals surface area contributed by atoms with Crippen LogP contribution in [0.15, 0.2) is 33.7 Å². The van der Waals surface area contributed by atoms with Crippen molar-refractivity contribution in [2.45, 2.75) is 45.1 Å². The summed E-state index contributed by atoms with van der Waals surface area (Å²) in [7, 11) is -2.56. The number of likely N-dealkylation sites (N-methyl/N-ethyl adjacent to an activating group) is 1. The standard InChI is InChI=1S/C19H26N4O5S/c1-6-15-9-7-8-10-16(15)20-17(24)11-23(5)19(25)13(3)22-29(26,27)18-12(2)21-28-14(18)4/h7-10,13,22H,6,11H2,1-5H3,(H,20,24)/t13-/m0/s1. The first-order valence-electron chi connectivity index (χ1n) is 9.14. The lowest BCUT2D eigenvalue weighted by atomic mass is 10.1. The number of carbonyl (C=O) groups excluding carboxylic acids is 2. The van der Waals surface area contributed by atoms with Crippen LogP contribution in [0, 0.1) is 13.8 Å². The van der Waals surface area contributed by atoms with E-state index in [4.69, 9.17) is 4.52 Å². The van der Waals surface area contributed by atoms with Gasteiger partial charge in [-0.25, -0.2) is 8.42 Å². The number of nitrogens with zero attached hydrogens (tertiary/aromatic N) is 2. The van der Waals surface area contributed by atoms with Crippen LogP contribution in [0.3, 0.4) is 0 Å². The Morgan fingerprint density at radius 1 is 1.24 bits per heavy atom. The molecule has 0 aliphatic rings. The summed E-state index contributed by atoms with van der Waals surface area (Å²) >= 11 is 0. The fourth-order valence-electron chi connectivity index (χ4n) is 2.96. The molecule has 1 atom stereocenters. The van der Waals surface area contributed by atoms with E-state index in [1.165, 1.54) is 32.7 Å². The fourth-order valence-corrected chi connectivity index (χ4v) is 4.49. The summed E-state index contributed by atoms with van der Waals surface area (Å²) in [6.45, 7) is 6.16. The summed E-state index contributed by atoms with van der Waals surface area (Å²) in [4.78, 5) is 25.9. The van der Waals surface area contributed by atoms with Gasteiger partial charge in [0.25, 0.3) is 0 Å². The van der Waals surface area contributed by atoms with Gasteiger partial charge in [0.2, 0.25) is 21.8 Å². The van der Waals surface area contributed by atoms with Gasteiger partial charge in [0.15, 0.2) is 5.76 Å². The van der Waals surface area contributed by atoms with Crippen LogP contribution in [-0.4, -0.2) is 49.9 Å². The molecule has 0 saturated carbocycles. The van der Waals surface area contributed by atoms with Gasteiger partial charge >= 0.3 is 0 Å². The van der Waals surface area contributed by atoms with E-state index in [0.29, 0.717) is 5.69 Å². The molecule has 1 heterocycles. The van der Waals surface area contributed by atoms with Crippen molar-refractivity contribution in [3.8, 4) is 0 Å². The number of hydrogen-bond donors (Lipinski definition) is 2. The summed E-state index contributed by atoms with van der Waals surface area (Å²) in [5, 5.41) is 6.40. The van der Waals surface area contributed by atoms with Crippen molar-refractivity contribution >= 4 is 27.5 Å². The van der Waals surface area contributed by atoms with E-state index in [9.17, 15) is 18.0 Å². The number of para-hydroxylation sites is 1. The third-order valence-electron chi connectivity index (χ3n) is 4.37. The minimum Gasteiger partial charge on any atom is -0.360 e. The number of amides is 2. The molecule has 1 aromatic carbocycles. The van der Waals surface area contributed by atoms with Gasteiger partial charge in [-0.3, -0.25) is 9.59 Å². The number of benzene rings is 1. The second kappa shape index (κ2) is 9.19. The Kier molecular flexibility index (Phi) is 7.15. The highest BCUT2D eigenvalue weighted by molar-refractivity contribution is 7.89. The highest BCUT2D eigenvalue weighted by Gasteiger charge is 2.29. The van der Waals surface area contributed by atoms with Crippen LogP contribution in [0.1, 0.15) is 30.9 Å². The molecular weight excluding hydrogens is 396 g/mol. The van der Waals surface area contributed by atoms with Crippen LogP contribution in [0.25, 0.3) is 0 Å². The second-order valence-corrected chi connectivity index (χ2v) is 8.40. The van der Waals surface area contributed by atoms with E-state index in [0.717, 1.165) is 12.0 Å². The number of nitrogens with one attached hydrogen (secondary N) is 2. The summed E-state index contributed by atoms with van der Waals surface area (Å²) in [5.74, 6) is -0.779. The van der Waals surface area contributed by atoms with Crippen LogP contribution in [0.2, 0.25) is 0 Å². The summed E-state index contributed by atoms with van der Waals surface area (Å²) in [6.07, 6.45) is 0.756. The quantitative estimate of drug-likeness (QED) is 0.667. The van der Waals surface area contributed by atoms with Gasteiger partial charge < -0.3 is 14.7 Å². The predicted octanol–water partition coefficient (Wildman–Crippen LogP) is 1.62. The molecule has 0 spiro atoms. The Balaban J connectivity index is 2.01. The lowest BCUT2D eigenvalue weighted by molar-refractivity contribution is -0.134. The molecule has 2 rings (SSSR count). The maximum Gasteiger partial charge on any atom is 0.246 e. The number of anilines is 1. The Hall–Kier alpha value is -2.72. The van der Waals surface area contributed by atoms with Crippen molar-refractivity contribution in [3.63, 3.8) is 0 Å². The van der Waals surface area contributed by atoms with Gasteiger partial charge in [0.1, 0.15) is 10.6 Å². The Morgan fingerprint density at radius 3 is 2.48 bits per heavy atom. The molecule has 29 heavy (non-hydrogen) atoms. The van der Waals surface area contributed by atoms with E-state index in [-0.39, 0.29) is 28.8 Å². The normalized spacial score (nSPS) is 12.4. The Morgan fingerprint density at radius 2 is 1.90 bits per heavy atom. The highest BCUT2D eigenvalue weighted by atomic mass is 32.2. The molecule has 2 amide bonds. The molecule has 2 aromatic rings. The maximum atomic E-state index is 12.6. The first-order chi connectivity index (χ1) is 13.6. The zero-order chi connectivity index (χ0) is 21.8. The maximum absolute atomic E-state index is 12.6. The molecule has 10 heteroatoms. The smallest absolute Gasteiger partial charge is 0.246 e. The lowest BCUT2D eigenvalue weighted by Crippen LogP contribution is -2.47. The number of aryl methyl sites for hydroxylation is 3. The minimum atomic E-state index is -4.00. The minimum absolute atomic E-state index is 0.0891. The zero-order valence-corrected chi connectivity index (χ0v) is 18.0. The Labute approximate surface area is 170 Å². The monoisotopic (exact) mass is 422 g/mol. The van der Waals surface area contributed by atoms with Crippen molar-refractivity contribution in [1.82, 2.24) is 14.8 Å². The molecule has 1 aromatic heterocycles. The molecule has 2 N–H and O–H groups in total. The summed E-state index contributed by atoms with van der Waals surface area (Å²) < 4.78 is 32.3. The molecule has 0 radical (unpaired) electrons. The number of hydrogen-bond acceptors (Lipinski definition) is 6. The molecule has 158 valence electrons. The number of rotatable bonds is 8. The molecule has 0 aliphatic carbocycles. The third kappa shape index (κ3) is 5.42. The number of carbonyl (C=O) groups is 2. The molecule has 9 nitrogen and oxygen atoms in total. The average molecular weight is 423 g/mol. The van der Waals surface area contributed by atoms with Crippen LogP contribution in [0.4, 0.5) is 5.69 Å². The molecular formula is C19H26N4O5S. The van der Waals surface area contributed by atoms with Gasteiger partial charge in [0.05, 0.1) is 12.6 Å². The SMILES string of the molecule is CCc1ccccc1NC(=O)CN(C)C(=O)[C@H](C)NS(=O)(=O)c1c(C)noc1C. The molecule has 0 fully saturated rings. The van der Waals surface area contributed by atoms with E-state index in [2.05, 4.69) is 15.2 Å². The van der Waals surface area contributed by atoms with E-state index in [1.54, 1.807) is 6.07 Å². The largest absolute Gasteiger partial charge is 0.360 e. The van der Waals surface area contributed by atoms with Gasteiger partial charge in [0, 0.05) is 12.7 Å². The topological polar surface area (TPSA) is 122 Å². The van der Waals surface area contributed by atoms with Crippen molar-refractivity contribution in [2.24, 2.45) is 0 Å². The van der Waals surface area contributed by atoms with Gasteiger partial charge in [-0.2, -0.15) is 4.72 Å². The van der Waals surface area contributed by atoms with E-state index >= 15 is 0 Å². The van der Waals surface area contributed by atoms with E-state index < -0.39 is 22.0 Å². The first-order valence-corrected chi connectivity index (χ1v) is 10.6. The van der Waals surface area contributed by atoms with Gasteiger partial charge in [-0.1, -0.05) is 30.3 Å². The molecule has 0 aliphatic heterocycles. The van der Waals surface area contributed by atoms with Crippen LogP contribution in [-0.2, 0) is 26.0 Å². The van der Waals surface area contributed by atoms with Crippen LogP contribution < -0.4 is 10.0 Å². The van der Waals surface area contributed by atoms with Crippen LogP contribution >= 0.6 is 0 Å². The second-order valence-electron chi connectivity index (χ2n) is 6.75. The summed E-state index contributed by atoms with van der Waals surface area (Å²) in [6, 6.07) is 6.33. The predicted molar refractivity (Wildman–Crippen MR) is 108 cm³/mol. The summed E-state index contributed by atoms with van der Waals surface area (Å²) in [5.41, 5.74) is 1.88. The fraction of sp³-hybridized carbons (Fsp3) is 0.421. The third-order valence-corrected chi connectivity index (χ3v) is 6.15. The van der Waals surface area contributed by atoms with Gasteiger partial charge in [-0.05, 0) is 38.8 Å². The van der Waals surface area contributed by atoms with Crippen molar-refractivity contribution in [3.05, 3.63) is 41.3 Å². The molecule has 0 unspecified atom stereocenters. The van der Waals surface area contributed by atoms with Crippen molar-refractivity contribution in [1.29, 1.82) is 0 Å². The lowest BCUT2D eigenvalue weighted by Gasteiger charge is -2.22. The number of aromatic nitrogens is 1. The molecule has 0 saturated heterocycles. The highest BCUT2D eigenvalue weighted by Crippen LogP contribution is 2.19. The Bertz CT molecular complexity index is 980. The van der Waals surface area contributed by atoms with Crippen molar-refractivity contribution in [2.75, 3.05) is 18.9 Å². The van der Waals surface area contributed by atoms with Crippen LogP contribution in [0.5, 0.6) is 0 Å². The van der Waals surface area contributed by atoms with Gasteiger partial charge in [-0.15, -0.1) is 0 Å². The van der Waals surface area contributed by atoms with Crippen molar-refractivity contribution < 1.29 is 22.5 Å². The molecule has 0 bridgehead atoms. The van der Waals surface area contributed by atoms with E-state index in [1.807, 2.05) is 25.1 Å². The number of sulfonamides is 1.